The molecule has 1 aliphatic carbocycles. The number of rotatable bonds is 4. The van der Waals surface area contributed by atoms with Crippen LogP contribution in [0.5, 0.6) is 0 Å². The van der Waals surface area contributed by atoms with E-state index in [2.05, 4.69) is 15.4 Å². The van der Waals surface area contributed by atoms with E-state index in [1.54, 1.807) is 11.3 Å². The predicted molar refractivity (Wildman–Crippen MR) is 93.6 cm³/mol. The number of hydrogen-bond donors (Lipinski definition) is 1. The van der Waals surface area contributed by atoms with Crippen LogP contribution in [0.4, 0.5) is 0 Å². The zero-order valence-corrected chi connectivity index (χ0v) is 14.3. The molecule has 1 N–H and O–H groups in total. The molecule has 5 nitrogen and oxygen atoms in total. The Morgan fingerprint density at radius 2 is 2.12 bits per heavy atom. The second-order valence-electron chi connectivity index (χ2n) is 5.94. The second kappa shape index (κ2) is 6.20. The lowest BCUT2D eigenvalue weighted by molar-refractivity contribution is 0.0944. The van der Waals surface area contributed by atoms with Crippen molar-refractivity contribution >= 4 is 17.2 Å². The van der Waals surface area contributed by atoms with Gasteiger partial charge in [-0.3, -0.25) is 4.79 Å². The molecule has 3 aromatic rings. The Bertz CT molecular complexity index is 882. The molecule has 122 valence electrons. The van der Waals surface area contributed by atoms with Gasteiger partial charge in [-0.05, 0) is 38.3 Å². The maximum atomic E-state index is 12.6. The third-order valence-corrected chi connectivity index (χ3v) is 5.18. The lowest BCUT2D eigenvalue weighted by Gasteiger charge is -2.04. The van der Waals surface area contributed by atoms with Crippen LogP contribution in [-0.2, 0) is 19.4 Å². The van der Waals surface area contributed by atoms with Crippen molar-refractivity contribution in [3.63, 3.8) is 0 Å². The third kappa shape index (κ3) is 2.73. The fourth-order valence-electron chi connectivity index (χ4n) is 3.13. The van der Waals surface area contributed by atoms with E-state index in [-0.39, 0.29) is 5.91 Å². The van der Waals surface area contributed by atoms with Crippen molar-refractivity contribution < 1.29 is 4.79 Å². The van der Waals surface area contributed by atoms with Crippen LogP contribution in [0.25, 0.3) is 5.69 Å². The summed E-state index contributed by atoms with van der Waals surface area (Å²) in [5.41, 5.74) is 4.80. The van der Waals surface area contributed by atoms with Crippen molar-refractivity contribution in [2.24, 2.45) is 0 Å². The summed E-state index contributed by atoms with van der Waals surface area (Å²) in [6, 6.07) is 10.00. The Hall–Kier alpha value is -2.47. The highest BCUT2D eigenvalue weighted by Crippen LogP contribution is 2.27. The van der Waals surface area contributed by atoms with E-state index in [1.807, 2.05) is 47.3 Å². The lowest BCUT2D eigenvalue weighted by Crippen LogP contribution is -2.24. The van der Waals surface area contributed by atoms with E-state index in [0.29, 0.717) is 12.2 Å². The van der Waals surface area contributed by atoms with E-state index in [0.717, 1.165) is 46.9 Å². The summed E-state index contributed by atoms with van der Waals surface area (Å²) in [6.07, 6.45) is 2.96. The van der Waals surface area contributed by atoms with Gasteiger partial charge in [0.1, 0.15) is 5.01 Å². The third-order valence-electron chi connectivity index (χ3n) is 4.21. The average molecular weight is 338 g/mol. The first-order valence-corrected chi connectivity index (χ1v) is 8.96. The molecule has 0 atom stereocenters. The van der Waals surface area contributed by atoms with Gasteiger partial charge in [0.05, 0.1) is 12.2 Å². The molecule has 1 aromatic carbocycles. The highest BCUT2D eigenvalue weighted by Gasteiger charge is 2.26. The molecule has 1 amide bonds. The van der Waals surface area contributed by atoms with Crippen molar-refractivity contribution in [3.8, 4) is 5.69 Å². The predicted octanol–water partition coefficient (Wildman–Crippen LogP) is 3.06. The van der Waals surface area contributed by atoms with Gasteiger partial charge in [0, 0.05) is 22.3 Å². The molecule has 0 fully saturated rings. The normalized spacial score (nSPS) is 13.0. The molecule has 2 heterocycles. The molecule has 2 aromatic heterocycles. The summed E-state index contributed by atoms with van der Waals surface area (Å²) < 4.78 is 1.92. The highest BCUT2D eigenvalue weighted by atomic mass is 32.1. The summed E-state index contributed by atoms with van der Waals surface area (Å²) >= 11 is 1.56. The number of aromatic nitrogens is 3. The van der Waals surface area contributed by atoms with Crippen LogP contribution in [0.1, 0.15) is 38.9 Å². The minimum atomic E-state index is -0.115. The summed E-state index contributed by atoms with van der Waals surface area (Å²) in [5, 5.41) is 10.5. The Balaban J connectivity index is 1.60. The van der Waals surface area contributed by atoms with E-state index >= 15 is 0 Å². The molecule has 0 saturated heterocycles. The molecule has 6 heteroatoms. The number of nitrogens with zero attached hydrogens (tertiary/aromatic N) is 3. The number of fused-ring (bicyclic) bond motifs is 1. The van der Waals surface area contributed by atoms with Gasteiger partial charge in [0.15, 0.2) is 5.69 Å². The second-order valence-corrected chi connectivity index (χ2v) is 6.88. The number of nitrogens with one attached hydrogen (secondary N) is 1. The zero-order chi connectivity index (χ0) is 16.5. The Morgan fingerprint density at radius 1 is 1.29 bits per heavy atom. The van der Waals surface area contributed by atoms with E-state index in [4.69, 9.17) is 0 Å². The van der Waals surface area contributed by atoms with Crippen molar-refractivity contribution in [3.05, 3.63) is 63.4 Å². The van der Waals surface area contributed by atoms with Gasteiger partial charge < -0.3 is 5.32 Å². The van der Waals surface area contributed by atoms with Gasteiger partial charge in [-0.15, -0.1) is 11.3 Å². The highest BCUT2D eigenvalue weighted by molar-refractivity contribution is 7.09. The zero-order valence-electron chi connectivity index (χ0n) is 13.5. The molecule has 1 aliphatic rings. The summed E-state index contributed by atoms with van der Waals surface area (Å²) in [5.74, 6) is -0.115. The smallest absolute Gasteiger partial charge is 0.272 e. The molecule has 0 bridgehead atoms. The Kier molecular flexibility index (Phi) is 3.90. The Morgan fingerprint density at radius 3 is 2.88 bits per heavy atom. The Labute approximate surface area is 144 Å². The molecule has 4 rings (SSSR count). The maximum absolute atomic E-state index is 12.6. The summed E-state index contributed by atoms with van der Waals surface area (Å²) in [6.45, 7) is 2.40. The van der Waals surface area contributed by atoms with Crippen LogP contribution in [-0.4, -0.2) is 20.7 Å². The van der Waals surface area contributed by atoms with Crippen LogP contribution >= 0.6 is 11.3 Å². The van der Waals surface area contributed by atoms with Crippen molar-refractivity contribution in [2.75, 3.05) is 0 Å². The number of para-hydroxylation sites is 1. The minimum absolute atomic E-state index is 0.115. The minimum Gasteiger partial charge on any atom is -0.344 e. The van der Waals surface area contributed by atoms with Crippen molar-refractivity contribution in [1.29, 1.82) is 0 Å². The van der Waals surface area contributed by atoms with E-state index in [9.17, 15) is 4.79 Å². The molecule has 0 radical (unpaired) electrons. The standard InChI is InChI=1S/C18H18N4OS/c1-12-11-24-16(20-12)10-19-18(23)17-14-8-5-9-15(14)22(21-17)13-6-3-2-4-7-13/h2-4,6-7,11H,5,8-10H2,1H3,(H,19,23). The number of aryl methyl sites for hydroxylation is 1. The van der Waals surface area contributed by atoms with Crippen molar-refractivity contribution in [1.82, 2.24) is 20.1 Å². The molecular formula is C18H18N4OS. The largest absolute Gasteiger partial charge is 0.344 e. The average Bonchev–Trinajstić information content (AvgIpc) is 3.29. The van der Waals surface area contributed by atoms with Gasteiger partial charge in [0.25, 0.3) is 5.91 Å². The van der Waals surface area contributed by atoms with Gasteiger partial charge in [-0.25, -0.2) is 9.67 Å². The molecule has 0 saturated carbocycles. The first kappa shape index (κ1) is 15.1. The molecular weight excluding hydrogens is 320 g/mol. The quantitative estimate of drug-likeness (QED) is 0.795. The van der Waals surface area contributed by atoms with Gasteiger partial charge in [-0.1, -0.05) is 18.2 Å². The number of carbonyl (C=O) groups is 1. The first-order valence-electron chi connectivity index (χ1n) is 8.08. The monoisotopic (exact) mass is 338 g/mol. The number of carbonyl (C=O) groups excluding carboxylic acids is 1. The summed E-state index contributed by atoms with van der Waals surface area (Å²) in [7, 11) is 0. The first-order chi connectivity index (χ1) is 11.7. The van der Waals surface area contributed by atoms with E-state index in [1.165, 1.54) is 0 Å². The number of hydrogen-bond acceptors (Lipinski definition) is 4. The summed E-state index contributed by atoms with van der Waals surface area (Å²) in [4.78, 5) is 17.0. The number of thiazole rings is 1. The fraction of sp³-hybridized carbons (Fsp3) is 0.278. The molecule has 0 unspecified atom stereocenters. The van der Waals surface area contributed by atoms with Crippen LogP contribution in [0.15, 0.2) is 35.7 Å². The van der Waals surface area contributed by atoms with Crippen molar-refractivity contribution in [2.45, 2.75) is 32.7 Å². The molecule has 24 heavy (non-hydrogen) atoms. The van der Waals surface area contributed by atoms with Gasteiger partial charge in [-0.2, -0.15) is 5.10 Å². The molecule has 0 aliphatic heterocycles. The fourth-order valence-corrected chi connectivity index (χ4v) is 3.84. The van der Waals surface area contributed by atoms with Crippen LogP contribution < -0.4 is 5.32 Å². The number of amides is 1. The lowest BCUT2D eigenvalue weighted by atomic mass is 10.2. The number of benzene rings is 1. The SMILES string of the molecule is Cc1csc(CNC(=O)c2nn(-c3ccccc3)c3c2CCC3)n1. The molecule has 0 spiro atoms. The van der Waals surface area contributed by atoms with E-state index < -0.39 is 0 Å². The van der Waals surface area contributed by atoms with Gasteiger partial charge >= 0.3 is 0 Å². The topological polar surface area (TPSA) is 59.8 Å². The van der Waals surface area contributed by atoms with Crippen LogP contribution in [0.3, 0.4) is 0 Å². The van der Waals surface area contributed by atoms with Gasteiger partial charge in [0.2, 0.25) is 0 Å². The van der Waals surface area contributed by atoms with Crippen LogP contribution in [0.2, 0.25) is 0 Å². The maximum Gasteiger partial charge on any atom is 0.272 e. The van der Waals surface area contributed by atoms with Crippen LogP contribution in [0, 0.1) is 6.92 Å².